The fourth-order valence-corrected chi connectivity index (χ4v) is 0. The first-order valence-electron chi connectivity index (χ1n) is 0. The number of hydrogen-bond donors (Lipinski definition) is 0. The van der Waals surface area contributed by atoms with Crippen molar-refractivity contribution < 1.29 is 71.2 Å². The summed E-state index contributed by atoms with van der Waals surface area (Å²) in [5.41, 5.74) is 0. The minimum Gasteiger partial charge on any atom is -1.00 e. The predicted molar refractivity (Wildman–Crippen MR) is 0 cm³/mol. The van der Waals surface area contributed by atoms with Crippen LogP contribution < -0.4 is 18.8 Å². The molecule has 0 aliphatic carbocycles. The molecule has 0 unspecified atom stereocenters. The molecule has 0 saturated heterocycles. The first-order chi connectivity index (χ1) is 0. The van der Waals surface area contributed by atoms with E-state index in [0.717, 1.165) is 0 Å². The second kappa shape index (κ2) is 88.4. The van der Waals surface area contributed by atoms with Crippen molar-refractivity contribution in [2.24, 2.45) is 0 Å². The van der Waals surface area contributed by atoms with Crippen molar-refractivity contribution >= 4 is 0 Å². The van der Waals surface area contributed by atoms with Crippen molar-refractivity contribution in [2.45, 2.75) is 0 Å². The molecular formula is F4Zr2. The summed E-state index contributed by atoms with van der Waals surface area (Å²) in [6.45, 7) is 0. The fraction of sp³-hybridized carbons (Fsp3) is 0. The molecule has 0 fully saturated rings. The SMILES string of the molecule is [F-].[F-].[F-].[F-].[Zr+2].[Zr+2]. The maximum Gasteiger partial charge on any atom is 2.00 e. The second-order valence-corrected chi connectivity index (χ2v) is 0. The van der Waals surface area contributed by atoms with E-state index in [1.165, 1.54) is 0 Å². The normalized spacial score (nSPS) is 0. The van der Waals surface area contributed by atoms with E-state index in [2.05, 4.69) is 0 Å². The van der Waals surface area contributed by atoms with Gasteiger partial charge in [0.1, 0.15) is 0 Å². The van der Waals surface area contributed by atoms with Crippen LogP contribution in [0.15, 0.2) is 0 Å². The molecule has 0 radical (unpaired) electrons. The number of hydrogen-bond acceptors (Lipinski definition) is 0. The van der Waals surface area contributed by atoms with Gasteiger partial charge in [0.15, 0.2) is 0 Å². The van der Waals surface area contributed by atoms with Crippen LogP contribution in [0, 0.1) is 0 Å². The van der Waals surface area contributed by atoms with Crippen molar-refractivity contribution in [3.05, 3.63) is 0 Å². The van der Waals surface area contributed by atoms with Crippen LogP contribution in [0.5, 0.6) is 0 Å². The Morgan fingerprint density at radius 3 is 0.333 bits per heavy atom. The molecule has 0 saturated carbocycles. The second-order valence-electron chi connectivity index (χ2n) is 0. The Kier molecular flexibility index (Phi) is 2100. The Morgan fingerprint density at radius 2 is 0.333 bits per heavy atom. The molecule has 0 aliphatic heterocycles. The van der Waals surface area contributed by atoms with Crippen LogP contribution in [-0.2, 0) is 52.4 Å². The molecule has 0 heterocycles. The molecule has 0 atom stereocenters. The molecule has 6 heteroatoms. The van der Waals surface area contributed by atoms with Gasteiger partial charge in [0, 0.05) is 0 Å². The van der Waals surface area contributed by atoms with Crippen molar-refractivity contribution in [1.82, 2.24) is 0 Å². The van der Waals surface area contributed by atoms with Gasteiger partial charge in [-0.05, 0) is 0 Å². The van der Waals surface area contributed by atoms with E-state index in [1.807, 2.05) is 0 Å². The Hall–Kier alpha value is 1.49. The van der Waals surface area contributed by atoms with E-state index >= 15 is 0 Å². The van der Waals surface area contributed by atoms with Crippen LogP contribution in [0.25, 0.3) is 0 Å². The Morgan fingerprint density at radius 1 is 0.333 bits per heavy atom. The molecule has 0 aromatic rings. The summed E-state index contributed by atoms with van der Waals surface area (Å²) in [5.74, 6) is 0. The van der Waals surface area contributed by atoms with E-state index in [9.17, 15) is 0 Å². The zero-order valence-electron chi connectivity index (χ0n) is 2.51. The molecule has 0 aromatic heterocycles. The Bertz CT molecular complexity index is 5.51. The summed E-state index contributed by atoms with van der Waals surface area (Å²) < 4.78 is 0. The summed E-state index contributed by atoms with van der Waals surface area (Å²) in [6.07, 6.45) is 0. The van der Waals surface area contributed by atoms with Crippen LogP contribution in [-0.4, -0.2) is 0 Å². The molecule has 0 rings (SSSR count). The summed E-state index contributed by atoms with van der Waals surface area (Å²) in [7, 11) is 0. The molecule has 0 aliphatic rings. The van der Waals surface area contributed by atoms with Crippen molar-refractivity contribution in [2.75, 3.05) is 0 Å². The maximum atomic E-state index is 0. The van der Waals surface area contributed by atoms with E-state index in [4.69, 9.17) is 0 Å². The third-order valence-electron chi connectivity index (χ3n) is 0. The molecule has 0 nitrogen and oxygen atoms in total. The van der Waals surface area contributed by atoms with Crippen molar-refractivity contribution in [1.29, 1.82) is 0 Å². The minimum atomic E-state index is 0. The van der Waals surface area contributed by atoms with Gasteiger partial charge in [-0.15, -0.1) is 0 Å². The van der Waals surface area contributed by atoms with Crippen LogP contribution in [0.3, 0.4) is 0 Å². The molecule has 0 bridgehead atoms. The van der Waals surface area contributed by atoms with Gasteiger partial charge in [-0.25, -0.2) is 0 Å². The average molecular weight is 258 g/mol. The summed E-state index contributed by atoms with van der Waals surface area (Å²) in [5, 5.41) is 0. The zero-order valence-corrected chi connectivity index (χ0v) is 7.43. The molecule has 0 amide bonds. The number of rotatable bonds is 0. The molecule has 0 N–H and O–H groups in total. The zero-order chi connectivity index (χ0) is 0. The number of halogens is 4. The van der Waals surface area contributed by atoms with Crippen LogP contribution >= 0.6 is 0 Å². The smallest absolute Gasteiger partial charge is 1.00 e. The topological polar surface area (TPSA) is 0 Å². The largest absolute Gasteiger partial charge is 2.00 e. The minimum absolute atomic E-state index is 0. The summed E-state index contributed by atoms with van der Waals surface area (Å²) in [6, 6.07) is 0. The quantitative estimate of drug-likeness (QED) is 0.379. The van der Waals surface area contributed by atoms with Gasteiger partial charge >= 0.3 is 52.4 Å². The van der Waals surface area contributed by atoms with Crippen molar-refractivity contribution in [3.8, 4) is 0 Å². The van der Waals surface area contributed by atoms with Gasteiger partial charge in [0.25, 0.3) is 0 Å². The average Bonchev–Trinajstić information content (AvgIpc) is 0. The third kappa shape index (κ3) is 50.0. The van der Waals surface area contributed by atoms with Gasteiger partial charge in [-0.3, -0.25) is 0 Å². The van der Waals surface area contributed by atoms with Crippen molar-refractivity contribution in [3.63, 3.8) is 0 Å². The van der Waals surface area contributed by atoms with Crippen LogP contribution in [0.1, 0.15) is 0 Å². The summed E-state index contributed by atoms with van der Waals surface area (Å²) >= 11 is 0. The molecule has 36 valence electrons. The predicted octanol–water partition coefficient (Wildman–Crippen LogP) is -12.0. The standard InChI is InChI=1S/4FH.2Zr/h4*1H;;/q;;;;2*+2/p-4. The Labute approximate surface area is 70.8 Å². The monoisotopic (exact) mass is 256 g/mol. The van der Waals surface area contributed by atoms with Gasteiger partial charge < -0.3 is 18.8 Å². The Balaban J connectivity index is 0. The molecule has 0 aromatic carbocycles. The third-order valence-corrected chi connectivity index (χ3v) is 0. The molecule has 6 heavy (non-hydrogen) atoms. The van der Waals surface area contributed by atoms with E-state index in [-0.39, 0.29) is 71.2 Å². The van der Waals surface area contributed by atoms with E-state index in [0.29, 0.717) is 0 Å². The fourth-order valence-electron chi connectivity index (χ4n) is 0. The van der Waals surface area contributed by atoms with Gasteiger partial charge in [-0.2, -0.15) is 0 Å². The molecular weight excluding hydrogens is 258 g/mol. The first kappa shape index (κ1) is 143. The first-order valence-corrected chi connectivity index (χ1v) is 0. The van der Waals surface area contributed by atoms with Gasteiger partial charge in [0.05, 0.1) is 0 Å². The van der Waals surface area contributed by atoms with Crippen LogP contribution in [0.4, 0.5) is 0 Å². The summed E-state index contributed by atoms with van der Waals surface area (Å²) in [4.78, 5) is 0. The van der Waals surface area contributed by atoms with E-state index < -0.39 is 0 Å². The molecule has 0 spiro atoms. The van der Waals surface area contributed by atoms with Crippen LogP contribution in [0.2, 0.25) is 0 Å². The maximum absolute atomic E-state index is 0. The van der Waals surface area contributed by atoms with Gasteiger partial charge in [0.2, 0.25) is 0 Å². The van der Waals surface area contributed by atoms with E-state index in [1.54, 1.807) is 0 Å². The van der Waals surface area contributed by atoms with Gasteiger partial charge in [-0.1, -0.05) is 0 Å².